The maximum atomic E-state index is 13.0. The summed E-state index contributed by atoms with van der Waals surface area (Å²) in [5.74, 6) is 0.416. The van der Waals surface area contributed by atoms with Crippen molar-refractivity contribution in [3.63, 3.8) is 0 Å². The Bertz CT molecular complexity index is 384. The van der Waals surface area contributed by atoms with E-state index in [4.69, 9.17) is 10.5 Å². The van der Waals surface area contributed by atoms with E-state index in [1.54, 1.807) is 13.0 Å². The Morgan fingerprint density at radius 2 is 2.31 bits per heavy atom. The minimum Gasteiger partial charge on any atom is -0.496 e. The normalized spacial score (nSPS) is 12.2. The summed E-state index contributed by atoms with van der Waals surface area (Å²) in [7, 11) is 1.53. The van der Waals surface area contributed by atoms with Gasteiger partial charge in [-0.2, -0.15) is 0 Å². The number of thioether (sulfide) groups is 1. The fraction of sp³-hybridized carbons (Fsp3) is 0.364. The summed E-state index contributed by atoms with van der Waals surface area (Å²) >= 11 is 1.35. The lowest BCUT2D eigenvalue weighted by atomic mass is 10.2. The molecule has 3 nitrogen and oxygen atoms in total. The van der Waals surface area contributed by atoms with E-state index in [9.17, 15) is 9.18 Å². The van der Waals surface area contributed by atoms with Crippen LogP contribution in [0, 0.1) is 5.82 Å². The van der Waals surface area contributed by atoms with E-state index >= 15 is 0 Å². The second-order valence-electron chi connectivity index (χ2n) is 3.31. The van der Waals surface area contributed by atoms with E-state index in [0.29, 0.717) is 11.5 Å². The van der Waals surface area contributed by atoms with Gasteiger partial charge in [-0.3, -0.25) is 4.79 Å². The number of primary amides is 1. The van der Waals surface area contributed by atoms with Crippen LogP contribution in [0.15, 0.2) is 18.2 Å². The molecular weight excluding hydrogens is 229 g/mol. The van der Waals surface area contributed by atoms with Crippen LogP contribution in [0.4, 0.5) is 4.39 Å². The number of amides is 1. The highest BCUT2D eigenvalue weighted by molar-refractivity contribution is 7.99. The van der Waals surface area contributed by atoms with Crippen molar-refractivity contribution in [1.29, 1.82) is 0 Å². The summed E-state index contributed by atoms with van der Waals surface area (Å²) in [6.07, 6.45) is 0. The molecule has 0 aliphatic carbocycles. The number of methoxy groups -OCH3 is 1. The van der Waals surface area contributed by atoms with E-state index in [1.807, 2.05) is 0 Å². The van der Waals surface area contributed by atoms with Gasteiger partial charge >= 0.3 is 0 Å². The number of carbonyl (C=O) groups excluding carboxylic acids is 1. The Hall–Kier alpha value is -1.23. The van der Waals surface area contributed by atoms with Gasteiger partial charge in [0.2, 0.25) is 5.91 Å². The molecule has 0 unspecified atom stereocenters. The van der Waals surface area contributed by atoms with Gasteiger partial charge in [0.15, 0.2) is 0 Å². The zero-order valence-corrected chi connectivity index (χ0v) is 10.0. The molecule has 5 heteroatoms. The van der Waals surface area contributed by atoms with E-state index < -0.39 is 0 Å². The Labute approximate surface area is 98.2 Å². The molecule has 0 spiro atoms. The van der Waals surface area contributed by atoms with Gasteiger partial charge in [0.25, 0.3) is 0 Å². The molecule has 0 saturated carbocycles. The molecule has 0 heterocycles. The molecular formula is C11H14FNO2S. The van der Waals surface area contributed by atoms with Gasteiger partial charge in [-0.1, -0.05) is 0 Å². The van der Waals surface area contributed by atoms with Crippen LogP contribution in [0.2, 0.25) is 0 Å². The van der Waals surface area contributed by atoms with Crippen molar-refractivity contribution in [3.8, 4) is 5.75 Å². The molecule has 0 saturated heterocycles. The number of halogens is 1. The summed E-state index contributed by atoms with van der Waals surface area (Å²) in [5, 5.41) is -0.298. The molecule has 1 aromatic carbocycles. The van der Waals surface area contributed by atoms with Crippen LogP contribution in [0.5, 0.6) is 5.75 Å². The molecule has 1 aromatic rings. The summed E-state index contributed by atoms with van der Waals surface area (Å²) in [6, 6.07) is 4.31. The van der Waals surface area contributed by atoms with Gasteiger partial charge in [-0.15, -0.1) is 11.8 Å². The fourth-order valence-electron chi connectivity index (χ4n) is 1.16. The molecule has 0 aliphatic rings. The van der Waals surface area contributed by atoms with Gasteiger partial charge in [0.05, 0.1) is 12.4 Å². The van der Waals surface area contributed by atoms with Gasteiger partial charge in [-0.25, -0.2) is 4.39 Å². The predicted molar refractivity (Wildman–Crippen MR) is 62.9 cm³/mol. The largest absolute Gasteiger partial charge is 0.496 e. The topological polar surface area (TPSA) is 52.3 Å². The zero-order valence-electron chi connectivity index (χ0n) is 9.20. The second-order valence-corrected chi connectivity index (χ2v) is 4.64. The minimum absolute atomic E-state index is 0.298. The average Bonchev–Trinajstić information content (AvgIpc) is 2.25. The third kappa shape index (κ3) is 3.41. The maximum Gasteiger partial charge on any atom is 0.230 e. The molecule has 0 bridgehead atoms. The number of nitrogens with two attached hydrogens (primary N) is 1. The van der Waals surface area contributed by atoms with Crippen LogP contribution < -0.4 is 10.5 Å². The van der Waals surface area contributed by atoms with E-state index in [1.165, 1.54) is 31.0 Å². The number of rotatable bonds is 5. The van der Waals surface area contributed by atoms with Gasteiger partial charge < -0.3 is 10.5 Å². The van der Waals surface area contributed by atoms with E-state index in [2.05, 4.69) is 0 Å². The molecule has 2 N–H and O–H groups in total. The van der Waals surface area contributed by atoms with Gasteiger partial charge in [-0.05, 0) is 25.1 Å². The molecule has 88 valence electrons. The SMILES string of the molecule is COc1ccc(F)cc1CS[C@H](C)C(N)=O. The first-order valence-corrected chi connectivity index (χ1v) is 5.82. The molecule has 0 fully saturated rings. The number of ether oxygens (including phenoxy) is 1. The monoisotopic (exact) mass is 243 g/mol. The first kappa shape index (κ1) is 12.8. The first-order valence-electron chi connectivity index (χ1n) is 4.78. The van der Waals surface area contributed by atoms with Crippen molar-refractivity contribution in [2.24, 2.45) is 5.73 Å². The average molecular weight is 243 g/mol. The molecule has 0 radical (unpaired) electrons. The third-order valence-corrected chi connectivity index (χ3v) is 3.34. The van der Waals surface area contributed by atoms with Crippen molar-refractivity contribution in [1.82, 2.24) is 0 Å². The van der Waals surface area contributed by atoms with Crippen LogP contribution in [-0.2, 0) is 10.5 Å². The first-order chi connectivity index (χ1) is 7.54. The van der Waals surface area contributed by atoms with Crippen molar-refractivity contribution in [2.45, 2.75) is 17.9 Å². The van der Waals surface area contributed by atoms with Gasteiger partial charge in [0, 0.05) is 11.3 Å². The van der Waals surface area contributed by atoms with Crippen molar-refractivity contribution in [3.05, 3.63) is 29.6 Å². The van der Waals surface area contributed by atoms with Crippen molar-refractivity contribution < 1.29 is 13.9 Å². The highest BCUT2D eigenvalue weighted by atomic mass is 32.2. The lowest BCUT2D eigenvalue weighted by molar-refractivity contribution is -0.117. The fourth-order valence-corrected chi connectivity index (χ4v) is 1.98. The Morgan fingerprint density at radius 1 is 1.62 bits per heavy atom. The molecule has 1 atom stereocenters. The zero-order chi connectivity index (χ0) is 12.1. The lowest BCUT2D eigenvalue weighted by Crippen LogP contribution is -2.22. The summed E-state index contributed by atoms with van der Waals surface area (Å²) in [4.78, 5) is 10.8. The molecule has 1 amide bonds. The van der Waals surface area contributed by atoms with Gasteiger partial charge in [0.1, 0.15) is 11.6 Å². The van der Waals surface area contributed by atoms with Crippen molar-refractivity contribution in [2.75, 3.05) is 7.11 Å². The number of hydrogen-bond donors (Lipinski definition) is 1. The molecule has 0 aliphatic heterocycles. The van der Waals surface area contributed by atoms with Crippen LogP contribution in [-0.4, -0.2) is 18.3 Å². The quantitative estimate of drug-likeness (QED) is 0.859. The molecule has 0 aromatic heterocycles. The van der Waals surface area contributed by atoms with Crippen LogP contribution in [0.3, 0.4) is 0 Å². The van der Waals surface area contributed by atoms with E-state index in [-0.39, 0.29) is 17.0 Å². The number of hydrogen-bond acceptors (Lipinski definition) is 3. The van der Waals surface area contributed by atoms with Crippen molar-refractivity contribution >= 4 is 17.7 Å². The highest BCUT2D eigenvalue weighted by Crippen LogP contribution is 2.26. The Balaban J connectivity index is 2.72. The highest BCUT2D eigenvalue weighted by Gasteiger charge is 2.11. The van der Waals surface area contributed by atoms with Crippen LogP contribution in [0.1, 0.15) is 12.5 Å². The smallest absolute Gasteiger partial charge is 0.230 e. The Morgan fingerprint density at radius 3 is 2.88 bits per heavy atom. The minimum atomic E-state index is -0.375. The Kier molecular flexibility index (Phi) is 4.61. The summed E-state index contributed by atoms with van der Waals surface area (Å²) in [6.45, 7) is 1.72. The number of carbonyl (C=O) groups is 1. The standard InChI is InChI=1S/C11H14FNO2S/c1-7(11(13)14)16-6-8-5-9(12)3-4-10(8)15-2/h3-5,7H,6H2,1-2H3,(H2,13,14)/t7-/m1/s1. The second kappa shape index (κ2) is 5.75. The molecule has 1 rings (SSSR count). The summed E-state index contributed by atoms with van der Waals surface area (Å²) < 4.78 is 18.1. The van der Waals surface area contributed by atoms with E-state index in [0.717, 1.165) is 5.56 Å². The van der Waals surface area contributed by atoms with Crippen LogP contribution in [0.25, 0.3) is 0 Å². The maximum absolute atomic E-state index is 13.0. The number of benzene rings is 1. The summed E-state index contributed by atoms with van der Waals surface area (Å²) in [5.41, 5.74) is 5.86. The predicted octanol–water partition coefficient (Wildman–Crippen LogP) is 1.94. The molecule has 16 heavy (non-hydrogen) atoms. The lowest BCUT2D eigenvalue weighted by Gasteiger charge is -2.10. The van der Waals surface area contributed by atoms with Crippen LogP contribution >= 0.6 is 11.8 Å². The third-order valence-electron chi connectivity index (χ3n) is 2.13.